The molecule has 1 N–H and O–H groups in total. The van der Waals surface area contributed by atoms with E-state index in [4.69, 9.17) is 4.74 Å². The maximum Gasteiger partial charge on any atom is 0.134 e. The summed E-state index contributed by atoms with van der Waals surface area (Å²) in [7, 11) is 1.71. The van der Waals surface area contributed by atoms with Crippen molar-refractivity contribution < 1.29 is 9.84 Å². The largest absolute Gasteiger partial charge is 0.389 e. The highest BCUT2D eigenvalue weighted by Crippen LogP contribution is 2.33. The lowest BCUT2D eigenvalue weighted by Gasteiger charge is -2.26. The van der Waals surface area contributed by atoms with Gasteiger partial charge in [-0.2, -0.15) is 0 Å². The van der Waals surface area contributed by atoms with Crippen LogP contribution in [0.1, 0.15) is 31.4 Å². The molecule has 2 rings (SSSR count). The van der Waals surface area contributed by atoms with Gasteiger partial charge in [0.2, 0.25) is 0 Å². The fraction of sp³-hybridized carbons (Fsp3) is 0.615. The van der Waals surface area contributed by atoms with Crippen molar-refractivity contribution in [3.63, 3.8) is 0 Å². The van der Waals surface area contributed by atoms with Crippen LogP contribution in [-0.4, -0.2) is 36.4 Å². The third kappa shape index (κ3) is 2.96. The first-order chi connectivity index (χ1) is 8.24. The molecular weight excluding hydrogens is 216 g/mol. The molecule has 0 aliphatic heterocycles. The molecule has 4 heteroatoms. The average Bonchev–Trinajstić information content (AvgIpc) is 3.14. The van der Waals surface area contributed by atoms with Gasteiger partial charge in [-0.25, -0.2) is 4.98 Å². The molecule has 0 saturated heterocycles. The predicted molar refractivity (Wildman–Crippen MR) is 67.1 cm³/mol. The van der Waals surface area contributed by atoms with E-state index < -0.39 is 6.10 Å². The standard InChI is InChI=1S/C13H20N2O2/c1-10(16)12-4-3-7-14-13(12)15(8-9-17-2)11-5-6-11/h3-4,7,10-11,16H,5-6,8-9H2,1-2H3/t10-/m1/s1. The molecule has 0 bridgehead atoms. The van der Waals surface area contributed by atoms with E-state index in [1.165, 1.54) is 12.8 Å². The summed E-state index contributed by atoms with van der Waals surface area (Å²) in [5.41, 5.74) is 0.899. The van der Waals surface area contributed by atoms with Crippen molar-refractivity contribution in [3.05, 3.63) is 23.9 Å². The van der Waals surface area contributed by atoms with Gasteiger partial charge in [-0.15, -0.1) is 0 Å². The van der Waals surface area contributed by atoms with Crippen molar-refractivity contribution in [2.45, 2.75) is 31.9 Å². The molecule has 1 aromatic rings. The highest BCUT2D eigenvalue weighted by Gasteiger charge is 2.31. The summed E-state index contributed by atoms with van der Waals surface area (Å²) in [4.78, 5) is 6.68. The van der Waals surface area contributed by atoms with E-state index in [1.807, 2.05) is 12.1 Å². The molecule has 1 heterocycles. The van der Waals surface area contributed by atoms with Gasteiger partial charge in [0.1, 0.15) is 5.82 Å². The summed E-state index contributed by atoms with van der Waals surface area (Å²) in [5, 5.41) is 9.78. The van der Waals surface area contributed by atoms with Crippen LogP contribution in [0, 0.1) is 0 Å². The van der Waals surface area contributed by atoms with E-state index in [0.717, 1.165) is 17.9 Å². The number of ether oxygens (including phenoxy) is 1. The quantitative estimate of drug-likeness (QED) is 0.817. The number of methoxy groups -OCH3 is 1. The van der Waals surface area contributed by atoms with Crippen molar-refractivity contribution in [1.29, 1.82) is 0 Å². The van der Waals surface area contributed by atoms with Crippen LogP contribution in [0.5, 0.6) is 0 Å². The van der Waals surface area contributed by atoms with Crippen molar-refractivity contribution in [2.24, 2.45) is 0 Å². The first-order valence-corrected chi connectivity index (χ1v) is 6.12. The highest BCUT2D eigenvalue weighted by molar-refractivity contribution is 5.49. The minimum Gasteiger partial charge on any atom is -0.389 e. The molecule has 0 spiro atoms. The number of rotatable bonds is 6. The zero-order valence-electron chi connectivity index (χ0n) is 10.5. The second kappa shape index (κ2) is 5.47. The van der Waals surface area contributed by atoms with Crippen LogP contribution in [0.2, 0.25) is 0 Å². The minimum atomic E-state index is -0.484. The van der Waals surface area contributed by atoms with E-state index in [2.05, 4.69) is 9.88 Å². The Balaban J connectivity index is 2.22. The monoisotopic (exact) mass is 236 g/mol. The van der Waals surface area contributed by atoms with Crippen LogP contribution < -0.4 is 4.90 Å². The number of pyridine rings is 1. The number of aliphatic hydroxyl groups is 1. The number of aliphatic hydroxyl groups excluding tert-OH is 1. The van der Waals surface area contributed by atoms with Gasteiger partial charge >= 0.3 is 0 Å². The van der Waals surface area contributed by atoms with Gasteiger partial charge in [0, 0.05) is 31.5 Å². The lowest BCUT2D eigenvalue weighted by molar-refractivity contribution is 0.196. The zero-order valence-corrected chi connectivity index (χ0v) is 10.5. The van der Waals surface area contributed by atoms with Gasteiger partial charge < -0.3 is 14.7 Å². The number of anilines is 1. The molecule has 0 amide bonds. The Bertz CT molecular complexity index is 364. The smallest absolute Gasteiger partial charge is 0.134 e. The molecule has 0 unspecified atom stereocenters. The Hall–Kier alpha value is -1.13. The van der Waals surface area contributed by atoms with Crippen LogP contribution in [0.15, 0.2) is 18.3 Å². The summed E-state index contributed by atoms with van der Waals surface area (Å²) < 4.78 is 5.14. The van der Waals surface area contributed by atoms with Gasteiger partial charge in [0.15, 0.2) is 0 Å². The Morgan fingerprint density at radius 3 is 2.94 bits per heavy atom. The van der Waals surface area contributed by atoms with Crippen molar-refractivity contribution >= 4 is 5.82 Å². The summed E-state index contributed by atoms with van der Waals surface area (Å²) in [6, 6.07) is 4.37. The molecular formula is C13H20N2O2. The van der Waals surface area contributed by atoms with Crippen LogP contribution >= 0.6 is 0 Å². The summed E-state index contributed by atoms with van der Waals surface area (Å²) in [6.07, 6.45) is 3.71. The number of nitrogens with zero attached hydrogens (tertiary/aromatic N) is 2. The summed E-state index contributed by atoms with van der Waals surface area (Å²) in [6.45, 7) is 3.30. The second-order valence-corrected chi connectivity index (χ2v) is 4.51. The topological polar surface area (TPSA) is 45.6 Å². The first-order valence-electron chi connectivity index (χ1n) is 6.12. The van der Waals surface area contributed by atoms with Gasteiger partial charge in [0.05, 0.1) is 12.7 Å². The van der Waals surface area contributed by atoms with Crippen LogP contribution in [0.4, 0.5) is 5.82 Å². The number of hydrogen-bond donors (Lipinski definition) is 1. The zero-order chi connectivity index (χ0) is 12.3. The first kappa shape index (κ1) is 12.3. The Morgan fingerprint density at radius 1 is 1.59 bits per heavy atom. The van der Waals surface area contributed by atoms with Gasteiger partial charge in [-0.1, -0.05) is 6.07 Å². The molecule has 94 valence electrons. The maximum absolute atomic E-state index is 9.78. The van der Waals surface area contributed by atoms with Crippen LogP contribution in [0.3, 0.4) is 0 Å². The van der Waals surface area contributed by atoms with Gasteiger partial charge in [-0.3, -0.25) is 0 Å². The molecule has 1 fully saturated rings. The molecule has 0 aromatic carbocycles. The van der Waals surface area contributed by atoms with Gasteiger partial charge in [-0.05, 0) is 25.8 Å². The third-order valence-electron chi connectivity index (χ3n) is 3.06. The highest BCUT2D eigenvalue weighted by atomic mass is 16.5. The normalized spacial score (nSPS) is 16.9. The van der Waals surface area contributed by atoms with Crippen LogP contribution in [0.25, 0.3) is 0 Å². The second-order valence-electron chi connectivity index (χ2n) is 4.51. The number of aromatic nitrogens is 1. The molecule has 1 saturated carbocycles. The molecule has 1 aliphatic carbocycles. The van der Waals surface area contributed by atoms with Crippen molar-refractivity contribution in [3.8, 4) is 0 Å². The lowest BCUT2D eigenvalue weighted by atomic mass is 10.1. The SMILES string of the molecule is COCCN(c1ncccc1[C@@H](C)O)C1CC1. The third-order valence-corrected chi connectivity index (χ3v) is 3.06. The molecule has 1 aromatic heterocycles. The predicted octanol–water partition coefficient (Wildman–Crippen LogP) is 1.75. The van der Waals surface area contributed by atoms with E-state index in [-0.39, 0.29) is 0 Å². The Kier molecular flexibility index (Phi) is 3.97. The Morgan fingerprint density at radius 2 is 2.35 bits per heavy atom. The van der Waals surface area contributed by atoms with E-state index in [0.29, 0.717) is 12.6 Å². The molecule has 1 aliphatic rings. The van der Waals surface area contributed by atoms with Crippen molar-refractivity contribution in [1.82, 2.24) is 4.98 Å². The van der Waals surface area contributed by atoms with E-state index >= 15 is 0 Å². The average molecular weight is 236 g/mol. The fourth-order valence-corrected chi connectivity index (χ4v) is 2.01. The molecule has 17 heavy (non-hydrogen) atoms. The van der Waals surface area contributed by atoms with E-state index in [1.54, 1.807) is 20.2 Å². The summed E-state index contributed by atoms with van der Waals surface area (Å²) >= 11 is 0. The van der Waals surface area contributed by atoms with Crippen molar-refractivity contribution in [2.75, 3.05) is 25.2 Å². The minimum absolute atomic E-state index is 0.484. The maximum atomic E-state index is 9.78. The molecule has 0 radical (unpaired) electrons. The van der Waals surface area contributed by atoms with Gasteiger partial charge in [0.25, 0.3) is 0 Å². The molecule has 1 atom stereocenters. The Labute approximate surface area is 102 Å². The molecule has 4 nitrogen and oxygen atoms in total. The lowest BCUT2D eigenvalue weighted by Crippen LogP contribution is -2.31. The fourth-order valence-electron chi connectivity index (χ4n) is 2.01. The summed E-state index contributed by atoms with van der Waals surface area (Å²) in [5.74, 6) is 0.905. The van der Waals surface area contributed by atoms with Crippen LogP contribution in [-0.2, 0) is 4.74 Å². The van der Waals surface area contributed by atoms with E-state index in [9.17, 15) is 5.11 Å². The number of hydrogen-bond acceptors (Lipinski definition) is 4.